The number of amides is 1. The van der Waals surface area contributed by atoms with Crippen LogP contribution in [0.1, 0.15) is 40.5 Å². The van der Waals surface area contributed by atoms with Gasteiger partial charge in [-0.15, -0.1) is 0 Å². The van der Waals surface area contributed by atoms with E-state index in [-0.39, 0.29) is 23.9 Å². The molecule has 0 N–H and O–H groups in total. The van der Waals surface area contributed by atoms with Crippen molar-refractivity contribution >= 4 is 12.1 Å². The van der Waals surface area contributed by atoms with Crippen molar-refractivity contribution in [2.45, 2.75) is 46.1 Å². The van der Waals surface area contributed by atoms with E-state index in [1.165, 1.54) is 7.11 Å². The van der Waals surface area contributed by atoms with Crippen molar-refractivity contribution < 1.29 is 19.1 Å². The zero-order chi connectivity index (χ0) is 16.0. The summed E-state index contributed by atoms with van der Waals surface area (Å²) in [7, 11) is 1.38. The predicted molar refractivity (Wildman–Crippen MR) is 80.9 cm³/mol. The van der Waals surface area contributed by atoms with Crippen LogP contribution in [0.3, 0.4) is 0 Å². The Bertz CT molecular complexity index is 398. The van der Waals surface area contributed by atoms with E-state index in [1.54, 1.807) is 4.90 Å². The van der Waals surface area contributed by atoms with Crippen molar-refractivity contribution in [1.29, 1.82) is 0 Å². The molecular weight excluding hydrogens is 270 g/mol. The number of carbonyl (C=O) groups is 2. The van der Waals surface area contributed by atoms with Crippen molar-refractivity contribution in [2.75, 3.05) is 20.2 Å². The van der Waals surface area contributed by atoms with Gasteiger partial charge in [0.2, 0.25) is 0 Å². The molecule has 5 nitrogen and oxygen atoms in total. The molecule has 1 aliphatic heterocycles. The fourth-order valence-corrected chi connectivity index (χ4v) is 2.52. The van der Waals surface area contributed by atoms with E-state index >= 15 is 0 Å². The average Bonchev–Trinajstić information content (AvgIpc) is 2.42. The highest BCUT2D eigenvalue weighted by atomic mass is 16.6. The van der Waals surface area contributed by atoms with Crippen LogP contribution in [0, 0.1) is 11.8 Å². The Labute approximate surface area is 127 Å². The van der Waals surface area contributed by atoms with Gasteiger partial charge in [0.25, 0.3) is 0 Å². The molecule has 0 spiro atoms. The van der Waals surface area contributed by atoms with Crippen molar-refractivity contribution in [1.82, 2.24) is 4.90 Å². The van der Waals surface area contributed by atoms with Crippen LogP contribution in [0.5, 0.6) is 0 Å². The lowest BCUT2D eigenvalue weighted by atomic mass is 9.87. The molecule has 1 amide bonds. The number of carbonyl (C=O) groups excluding carboxylic acids is 2. The first-order chi connectivity index (χ1) is 9.76. The van der Waals surface area contributed by atoms with E-state index in [0.29, 0.717) is 13.1 Å². The van der Waals surface area contributed by atoms with Gasteiger partial charge in [0.15, 0.2) is 0 Å². The van der Waals surface area contributed by atoms with Crippen LogP contribution >= 0.6 is 0 Å². The third-order valence-electron chi connectivity index (χ3n) is 3.43. The predicted octanol–water partition coefficient (Wildman–Crippen LogP) is 3.00. The summed E-state index contributed by atoms with van der Waals surface area (Å²) in [4.78, 5) is 25.7. The van der Waals surface area contributed by atoms with Crippen LogP contribution in [0.25, 0.3) is 0 Å². The maximum Gasteiger partial charge on any atom is 0.410 e. The molecule has 5 heteroatoms. The van der Waals surface area contributed by atoms with Gasteiger partial charge in [-0.1, -0.05) is 12.2 Å². The van der Waals surface area contributed by atoms with Gasteiger partial charge in [0, 0.05) is 13.1 Å². The number of rotatable bonds is 3. The Morgan fingerprint density at radius 3 is 2.48 bits per heavy atom. The molecule has 2 atom stereocenters. The molecule has 1 heterocycles. The highest BCUT2D eigenvalue weighted by Crippen LogP contribution is 2.27. The molecule has 1 aliphatic rings. The molecule has 1 rings (SSSR count). The smallest absolute Gasteiger partial charge is 0.410 e. The fourth-order valence-electron chi connectivity index (χ4n) is 2.52. The van der Waals surface area contributed by atoms with Gasteiger partial charge in [0.1, 0.15) is 5.60 Å². The Morgan fingerprint density at radius 2 is 1.95 bits per heavy atom. The monoisotopic (exact) mass is 297 g/mol. The number of methoxy groups -OCH3 is 1. The first kappa shape index (κ1) is 17.5. The van der Waals surface area contributed by atoms with Gasteiger partial charge in [-0.3, -0.25) is 4.79 Å². The second kappa shape index (κ2) is 7.48. The third-order valence-corrected chi connectivity index (χ3v) is 3.43. The highest BCUT2D eigenvalue weighted by Gasteiger charge is 2.35. The Morgan fingerprint density at radius 1 is 1.29 bits per heavy atom. The lowest BCUT2D eigenvalue weighted by molar-refractivity contribution is -0.147. The fraction of sp³-hybridized carbons (Fsp3) is 0.750. The molecular formula is C16H27NO4. The lowest BCUT2D eigenvalue weighted by Crippen LogP contribution is -2.48. The van der Waals surface area contributed by atoms with Gasteiger partial charge in [-0.2, -0.15) is 0 Å². The van der Waals surface area contributed by atoms with Gasteiger partial charge in [-0.05, 0) is 46.5 Å². The molecule has 1 saturated heterocycles. The second-order valence-corrected chi connectivity index (χ2v) is 6.51. The molecule has 0 aromatic heterocycles. The SMILES string of the molecule is C/C=C/CC1CC(C(=O)OC)CN(C(=O)OC(C)(C)C)C1. The summed E-state index contributed by atoms with van der Waals surface area (Å²) < 4.78 is 10.2. The zero-order valence-electron chi connectivity index (χ0n) is 13.7. The molecule has 0 saturated carbocycles. The minimum atomic E-state index is -0.534. The van der Waals surface area contributed by atoms with Crippen LogP contribution in [-0.4, -0.2) is 42.8 Å². The number of hydrogen-bond acceptors (Lipinski definition) is 4. The van der Waals surface area contributed by atoms with Gasteiger partial charge in [0.05, 0.1) is 13.0 Å². The van der Waals surface area contributed by atoms with Crippen LogP contribution in [0.2, 0.25) is 0 Å². The topological polar surface area (TPSA) is 55.8 Å². The molecule has 21 heavy (non-hydrogen) atoms. The Balaban J connectivity index is 2.77. The van der Waals surface area contributed by atoms with Crippen LogP contribution in [0.4, 0.5) is 4.79 Å². The van der Waals surface area contributed by atoms with Gasteiger partial charge < -0.3 is 14.4 Å². The Hall–Kier alpha value is -1.52. The van der Waals surface area contributed by atoms with Crippen LogP contribution in [0.15, 0.2) is 12.2 Å². The summed E-state index contributed by atoms with van der Waals surface area (Å²) >= 11 is 0. The molecule has 120 valence electrons. The maximum atomic E-state index is 12.2. The molecule has 1 fully saturated rings. The van der Waals surface area contributed by atoms with Crippen LogP contribution in [-0.2, 0) is 14.3 Å². The number of allylic oxidation sites excluding steroid dienone is 2. The van der Waals surface area contributed by atoms with Gasteiger partial charge >= 0.3 is 12.1 Å². The second-order valence-electron chi connectivity index (χ2n) is 6.51. The summed E-state index contributed by atoms with van der Waals surface area (Å²) in [6.45, 7) is 8.46. The number of hydrogen-bond donors (Lipinski definition) is 0. The number of ether oxygens (including phenoxy) is 2. The maximum absolute atomic E-state index is 12.2. The summed E-state index contributed by atoms with van der Waals surface area (Å²) in [6, 6.07) is 0. The summed E-state index contributed by atoms with van der Waals surface area (Å²) in [5, 5.41) is 0. The van der Waals surface area contributed by atoms with E-state index in [4.69, 9.17) is 9.47 Å². The van der Waals surface area contributed by atoms with Crippen molar-refractivity contribution in [2.24, 2.45) is 11.8 Å². The minimum absolute atomic E-state index is 0.256. The molecule has 0 bridgehead atoms. The minimum Gasteiger partial charge on any atom is -0.469 e. The molecule has 2 unspecified atom stereocenters. The quantitative estimate of drug-likeness (QED) is 0.593. The standard InChI is InChI=1S/C16H27NO4/c1-6-7-8-12-9-13(14(18)20-5)11-17(10-12)15(19)21-16(2,3)4/h6-7,12-13H,8-11H2,1-5H3/b7-6+. The Kier molecular flexibility index (Phi) is 6.24. The first-order valence-electron chi connectivity index (χ1n) is 7.43. The summed E-state index contributed by atoms with van der Waals surface area (Å²) in [5.41, 5.74) is -0.534. The van der Waals surface area contributed by atoms with Crippen LogP contribution < -0.4 is 0 Å². The van der Waals surface area contributed by atoms with E-state index in [9.17, 15) is 9.59 Å². The number of esters is 1. The average molecular weight is 297 g/mol. The molecule has 0 aliphatic carbocycles. The third kappa shape index (κ3) is 5.78. The normalized spacial score (nSPS) is 23.2. The number of piperidine rings is 1. The van der Waals surface area contributed by atoms with Crippen molar-refractivity contribution in [3.8, 4) is 0 Å². The number of likely N-dealkylation sites (tertiary alicyclic amines) is 1. The molecule has 0 aromatic rings. The molecule has 0 radical (unpaired) electrons. The van der Waals surface area contributed by atoms with E-state index in [0.717, 1.165) is 12.8 Å². The first-order valence-corrected chi connectivity index (χ1v) is 7.43. The van der Waals surface area contributed by atoms with E-state index < -0.39 is 5.60 Å². The van der Waals surface area contributed by atoms with E-state index in [2.05, 4.69) is 6.08 Å². The summed E-state index contributed by atoms with van der Waals surface area (Å²) in [6.07, 6.45) is 5.29. The zero-order valence-corrected chi connectivity index (χ0v) is 13.7. The van der Waals surface area contributed by atoms with Crippen molar-refractivity contribution in [3.63, 3.8) is 0 Å². The van der Waals surface area contributed by atoms with Gasteiger partial charge in [-0.25, -0.2) is 4.79 Å². The van der Waals surface area contributed by atoms with E-state index in [1.807, 2.05) is 33.8 Å². The molecule has 0 aromatic carbocycles. The van der Waals surface area contributed by atoms with Crippen molar-refractivity contribution in [3.05, 3.63) is 12.2 Å². The largest absolute Gasteiger partial charge is 0.469 e. The highest BCUT2D eigenvalue weighted by molar-refractivity contribution is 5.75. The number of nitrogens with zero attached hydrogens (tertiary/aromatic N) is 1. The lowest BCUT2D eigenvalue weighted by Gasteiger charge is -2.37. The summed E-state index contributed by atoms with van der Waals surface area (Å²) in [5.74, 6) is -0.271.